The molecular formula is C31H28Cl2FN3O4S. The van der Waals surface area contributed by atoms with Crippen molar-refractivity contribution < 1.29 is 22.4 Å². The van der Waals surface area contributed by atoms with Crippen molar-refractivity contribution in [3.63, 3.8) is 0 Å². The molecule has 11 heteroatoms. The fourth-order valence-corrected chi connectivity index (χ4v) is 6.22. The van der Waals surface area contributed by atoms with Crippen molar-refractivity contribution in [2.45, 2.75) is 23.9 Å². The minimum Gasteiger partial charge on any atom is -0.357 e. The lowest BCUT2D eigenvalue weighted by molar-refractivity contribution is -0.139. The maximum atomic E-state index is 14.2. The Morgan fingerprint density at radius 3 is 2.10 bits per heavy atom. The van der Waals surface area contributed by atoms with Crippen LogP contribution in [0.4, 0.5) is 10.1 Å². The summed E-state index contributed by atoms with van der Waals surface area (Å²) < 4.78 is 42.7. The van der Waals surface area contributed by atoms with Crippen LogP contribution in [0.2, 0.25) is 10.0 Å². The van der Waals surface area contributed by atoms with E-state index in [0.29, 0.717) is 10.6 Å². The molecule has 1 N–H and O–H groups in total. The van der Waals surface area contributed by atoms with E-state index < -0.39 is 40.2 Å². The summed E-state index contributed by atoms with van der Waals surface area (Å²) in [6.07, 6.45) is 0.157. The molecular weight excluding hydrogens is 600 g/mol. The lowest BCUT2D eigenvalue weighted by atomic mass is 10.0. The number of nitrogens with zero attached hydrogens (tertiary/aromatic N) is 2. The minimum absolute atomic E-state index is 0.0177. The van der Waals surface area contributed by atoms with Crippen molar-refractivity contribution in [2.24, 2.45) is 0 Å². The molecule has 0 aliphatic heterocycles. The summed E-state index contributed by atoms with van der Waals surface area (Å²) in [6, 6.07) is 26.0. The zero-order valence-corrected chi connectivity index (χ0v) is 24.9. The molecule has 0 bridgehead atoms. The molecule has 0 aliphatic rings. The van der Waals surface area contributed by atoms with Gasteiger partial charge in [-0.1, -0.05) is 89.9 Å². The third-order valence-corrected chi connectivity index (χ3v) is 9.06. The number of carbonyl (C=O) groups is 2. The normalized spacial score (nSPS) is 11.9. The maximum Gasteiger partial charge on any atom is 0.264 e. The highest BCUT2D eigenvalue weighted by Crippen LogP contribution is 2.29. The van der Waals surface area contributed by atoms with Gasteiger partial charge in [0.25, 0.3) is 10.0 Å². The van der Waals surface area contributed by atoms with Crippen LogP contribution in [0.3, 0.4) is 0 Å². The first kappa shape index (κ1) is 31.0. The van der Waals surface area contributed by atoms with E-state index in [1.807, 2.05) is 30.3 Å². The van der Waals surface area contributed by atoms with Crippen molar-refractivity contribution in [3.05, 3.63) is 130 Å². The van der Waals surface area contributed by atoms with E-state index in [-0.39, 0.29) is 28.6 Å². The molecule has 4 rings (SSSR count). The number of hydrogen-bond acceptors (Lipinski definition) is 4. The topological polar surface area (TPSA) is 86.8 Å². The van der Waals surface area contributed by atoms with Crippen LogP contribution in [-0.4, -0.2) is 44.8 Å². The molecule has 0 aliphatic carbocycles. The zero-order chi connectivity index (χ0) is 30.3. The van der Waals surface area contributed by atoms with Crippen molar-refractivity contribution in [1.82, 2.24) is 10.2 Å². The quantitative estimate of drug-likeness (QED) is 0.231. The van der Waals surface area contributed by atoms with Crippen LogP contribution in [0.15, 0.2) is 108 Å². The van der Waals surface area contributed by atoms with Crippen LogP contribution in [0.1, 0.15) is 11.1 Å². The average molecular weight is 629 g/mol. The van der Waals surface area contributed by atoms with E-state index in [1.165, 1.54) is 30.1 Å². The molecule has 7 nitrogen and oxygen atoms in total. The Balaban J connectivity index is 1.81. The van der Waals surface area contributed by atoms with Gasteiger partial charge in [0.1, 0.15) is 18.4 Å². The molecule has 42 heavy (non-hydrogen) atoms. The van der Waals surface area contributed by atoms with Gasteiger partial charge in [-0.15, -0.1) is 0 Å². The molecule has 0 saturated carbocycles. The highest BCUT2D eigenvalue weighted by molar-refractivity contribution is 7.92. The van der Waals surface area contributed by atoms with Crippen LogP contribution in [-0.2, 0) is 32.6 Å². The molecule has 0 spiro atoms. The second-order valence-corrected chi connectivity index (χ2v) is 12.0. The standard InChI is InChI=1S/C31H28Cl2FN3O4S/c1-35-31(39)29(18-22-10-4-2-5-11-22)36(20-23-12-8-9-15-26(23)32)30(38)21-37(24-16-17-28(34)27(33)19-24)42(40,41)25-13-6-3-7-14-25/h2-17,19,29H,18,20-21H2,1H3,(H,35,39). The third-order valence-electron chi connectivity index (χ3n) is 6.62. The summed E-state index contributed by atoms with van der Waals surface area (Å²) in [5, 5.41) is 2.69. The smallest absolute Gasteiger partial charge is 0.264 e. The van der Waals surface area contributed by atoms with Crippen molar-refractivity contribution in [3.8, 4) is 0 Å². The van der Waals surface area contributed by atoms with Gasteiger partial charge in [0.2, 0.25) is 11.8 Å². The van der Waals surface area contributed by atoms with Crippen LogP contribution in [0.25, 0.3) is 0 Å². The van der Waals surface area contributed by atoms with Crippen molar-refractivity contribution >= 4 is 50.7 Å². The molecule has 218 valence electrons. The van der Waals surface area contributed by atoms with E-state index in [9.17, 15) is 22.4 Å². The first-order valence-electron chi connectivity index (χ1n) is 12.9. The Bertz CT molecular complexity index is 1660. The average Bonchev–Trinajstić information content (AvgIpc) is 3.00. The number of anilines is 1. The van der Waals surface area contributed by atoms with Crippen molar-refractivity contribution in [1.29, 1.82) is 0 Å². The second kappa shape index (κ2) is 13.8. The fraction of sp³-hybridized carbons (Fsp3) is 0.161. The summed E-state index contributed by atoms with van der Waals surface area (Å²) in [5.41, 5.74) is 1.34. The van der Waals surface area contributed by atoms with Crippen LogP contribution >= 0.6 is 23.2 Å². The molecule has 0 radical (unpaired) electrons. The Hall–Kier alpha value is -3.92. The van der Waals surface area contributed by atoms with Gasteiger partial charge in [-0.25, -0.2) is 12.8 Å². The monoisotopic (exact) mass is 627 g/mol. The Labute approximate surface area is 254 Å². The number of sulfonamides is 1. The van der Waals surface area contributed by atoms with E-state index in [2.05, 4.69) is 5.32 Å². The van der Waals surface area contributed by atoms with Gasteiger partial charge < -0.3 is 10.2 Å². The lowest BCUT2D eigenvalue weighted by Crippen LogP contribution is -2.53. The molecule has 0 fully saturated rings. The van der Waals surface area contributed by atoms with E-state index in [1.54, 1.807) is 42.5 Å². The summed E-state index contributed by atoms with van der Waals surface area (Å²) in [7, 11) is -2.86. The number of likely N-dealkylation sites (N-methyl/N-ethyl adjacent to an activating group) is 1. The first-order chi connectivity index (χ1) is 20.1. The number of hydrogen-bond donors (Lipinski definition) is 1. The first-order valence-corrected chi connectivity index (χ1v) is 15.1. The number of rotatable bonds is 11. The van der Waals surface area contributed by atoms with E-state index in [4.69, 9.17) is 23.2 Å². The SMILES string of the molecule is CNC(=O)C(Cc1ccccc1)N(Cc1ccccc1Cl)C(=O)CN(c1ccc(F)c(Cl)c1)S(=O)(=O)c1ccccc1. The maximum absolute atomic E-state index is 14.2. The zero-order valence-electron chi connectivity index (χ0n) is 22.6. The summed E-state index contributed by atoms with van der Waals surface area (Å²) in [6.45, 7) is -0.779. The number of halogens is 3. The van der Waals surface area contributed by atoms with Crippen LogP contribution in [0, 0.1) is 5.82 Å². The fourth-order valence-electron chi connectivity index (χ4n) is 4.42. The van der Waals surface area contributed by atoms with Gasteiger partial charge in [0.15, 0.2) is 0 Å². The number of benzene rings is 4. The van der Waals surface area contributed by atoms with E-state index in [0.717, 1.165) is 22.0 Å². The van der Waals surface area contributed by atoms with Gasteiger partial charge in [-0.2, -0.15) is 0 Å². The molecule has 1 atom stereocenters. The van der Waals surface area contributed by atoms with Gasteiger partial charge in [-0.05, 0) is 47.5 Å². The van der Waals surface area contributed by atoms with Crippen LogP contribution < -0.4 is 9.62 Å². The number of amides is 2. The highest BCUT2D eigenvalue weighted by atomic mass is 35.5. The largest absolute Gasteiger partial charge is 0.357 e. The van der Waals surface area contributed by atoms with Gasteiger partial charge in [0, 0.05) is 25.0 Å². The molecule has 0 aromatic heterocycles. The second-order valence-electron chi connectivity index (χ2n) is 9.36. The summed E-state index contributed by atoms with van der Waals surface area (Å²) in [4.78, 5) is 28.7. The third kappa shape index (κ3) is 7.28. The molecule has 0 saturated heterocycles. The summed E-state index contributed by atoms with van der Waals surface area (Å²) in [5.74, 6) is -1.87. The van der Waals surface area contributed by atoms with Crippen molar-refractivity contribution in [2.75, 3.05) is 17.9 Å². The highest BCUT2D eigenvalue weighted by Gasteiger charge is 2.34. The molecule has 0 heterocycles. The molecule has 4 aromatic rings. The lowest BCUT2D eigenvalue weighted by Gasteiger charge is -2.33. The Morgan fingerprint density at radius 1 is 0.857 bits per heavy atom. The molecule has 2 amide bonds. The number of nitrogens with one attached hydrogen (secondary N) is 1. The van der Waals surface area contributed by atoms with E-state index >= 15 is 0 Å². The van der Waals surface area contributed by atoms with Gasteiger partial charge in [-0.3, -0.25) is 13.9 Å². The van der Waals surface area contributed by atoms with Crippen LogP contribution in [0.5, 0.6) is 0 Å². The number of carbonyl (C=O) groups excluding carboxylic acids is 2. The molecule has 4 aromatic carbocycles. The predicted molar refractivity (Wildman–Crippen MR) is 162 cm³/mol. The predicted octanol–water partition coefficient (Wildman–Crippen LogP) is 5.71. The summed E-state index contributed by atoms with van der Waals surface area (Å²) >= 11 is 12.5. The van der Waals surface area contributed by atoms with Gasteiger partial charge >= 0.3 is 0 Å². The minimum atomic E-state index is -4.33. The Kier molecular flexibility index (Phi) is 10.2. The molecule has 1 unspecified atom stereocenters. The van der Waals surface area contributed by atoms with Gasteiger partial charge in [0.05, 0.1) is 15.6 Å². The Morgan fingerprint density at radius 2 is 1.48 bits per heavy atom.